The van der Waals surface area contributed by atoms with Crippen LogP contribution in [0.2, 0.25) is 5.02 Å². The number of benzene rings is 1. The minimum absolute atomic E-state index is 0.0727. The van der Waals surface area contributed by atoms with Crippen LogP contribution < -0.4 is 10.6 Å². The third-order valence-electron chi connectivity index (χ3n) is 3.31. The minimum Gasteiger partial charge on any atom is -0.384 e. The number of hydrogen-bond acceptors (Lipinski definition) is 8. The first-order valence-electron chi connectivity index (χ1n) is 6.65. The van der Waals surface area contributed by atoms with Crippen LogP contribution in [-0.2, 0) is 10.9 Å². The Hall–Kier alpha value is -2.64. The quantitative estimate of drug-likeness (QED) is 0.439. The Morgan fingerprint density at radius 2 is 1.89 bits per heavy atom. The Kier molecular flexibility index (Phi) is 5.49. The summed E-state index contributed by atoms with van der Waals surface area (Å²) in [6, 6.07) is 0.0727. The van der Waals surface area contributed by atoms with Gasteiger partial charge in [-0.1, -0.05) is 23.2 Å². The SMILES string of the molecule is COC1N=C(N)C=C(Cl)N1c1c([N+](=O)[O-])cc(C(F)(F)F)c(Cl)c1[N+](=O)[O-]. The molecule has 0 amide bonds. The summed E-state index contributed by atoms with van der Waals surface area (Å²) in [4.78, 5) is 24.7. The molecule has 0 spiro atoms. The lowest BCUT2D eigenvalue weighted by atomic mass is 10.1. The van der Waals surface area contributed by atoms with Gasteiger partial charge in [-0.25, -0.2) is 4.99 Å². The normalized spacial score (nSPS) is 17.4. The number of nitro groups is 2. The summed E-state index contributed by atoms with van der Waals surface area (Å²) in [5.41, 5.74) is 0.129. The molecule has 10 nitrogen and oxygen atoms in total. The van der Waals surface area contributed by atoms with Gasteiger partial charge < -0.3 is 10.5 Å². The van der Waals surface area contributed by atoms with Gasteiger partial charge in [0.1, 0.15) is 16.0 Å². The number of hydrogen-bond donors (Lipinski definition) is 1. The van der Waals surface area contributed by atoms with Crippen LogP contribution in [0.5, 0.6) is 0 Å². The average molecular weight is 430 g/mol. The fraction of sp³-hybridized carbons (Fsp3) is 0.250. The second kappa shape index (κ2) is 7.17. The molecule has 1 aliphatic heterocycles. The van der Waals surface area contributed by atoms with Crippen molar-refractivity contribution in [3.05, 3.63) is 48.1 Å². The van der Waals surface area contributed by atoms with Crippen molar-refractivity contribution in [1.82, 2.24) is 0 Å². The Morgan fingerprint density at radius 3 is 2.33 bits per heavy atom. The smallest absolute Gasteiger partial charge is 0.384 e. The molecule has 1 heterocycles. The van der Waals surface area contributed by atoms with E-state index in [2.05, 4.69) is 4.99 Å². The van der Waals surface area contributed by atoms with Gasteiger partial charge >= 0.3 is 17.6 Å². The monoisotopic (exact) mass is 429 g/mol. The first kappa shape index (κ1) is 20.7. The number of alkyl halides is 3. The third-order valence-corrected chi connectivity index (χ3v) is 3.98. The standard InChI is InChI=1S/C12H8Cl2F3N5O5/c1-27-11-19-7(18)3-6(13)20(11)9-5(21(23)24)2-4(12(15,16)17)8(14)10(9)22(25)26/h2-3,11H,1H3,(H2,18,19). The van der Waals surface area contributed by atoms with E-state index >= 15 is 0 Å². The molecule has 2 N–H and O–H groups in total. The fourth-order valence-electron chi connectivity index (χ4n) is 2.27. The fourth-order valence-corrected chi connectivity index (χ4v) is 2.87. The second-order valence-corrected chi connectivity index (χ2v) is 5.68. The lowest BCUT2D eigenvalue weighted by Crippen LogP contribution is -2.39. The van der Waals surface area contributed by atoms with Crippen LogP contribution in [0.1, 0.15) is 5.56 Å². The Bertz CT molecular complexity index is 889. The molecule has 0 saturated heterocycles. The maximum absolute atomic E-state index is 13.1. The summed E-state index contributed by atoms with van der Waals surface area (Å²) >= 11 is 11.5. The number of nitro benzene ring substituents is 2. The maximum atomic E-state index is 13.1. The van der Waals surface area contributed by atoms with Crippen molar-refractivity contribution in [3.8, 4) is 0 Å². The van der Waals surface area contributed by atoms with E-state index < -0.39 is 55.2 Å². The first-order valence-corrected chi connectivity index (χ1v) is 7.40. The zero-order chi connectivity index (χ0) is 20.7. The first-order chi connectivity index (χ1) is 12.4. The number of halogens is 5. The summed E-state index contributed by atoms with van der Waals surface area (Å²) in [5, 5.41) is 21.1. The summed E-state index contributed by atoms with van der Waals surface area (Å²) in [6.45, 7) is 0. The van der Waals surface area contributed by atoms with Crippen molar-refractivity contribution < 1.29 is 27.8 Å². The Labute approximate surface area is 157 Å². The van der Waals surface area contributed by atoms with Crippen LogP contribution >= 0.6 is 23.2 Å². The van der Waals surface area contributed by atoms with Gasteiger partial charge in [0, 0.05) is 19.3 Å². The van der Waals surface area contributed by atoms with E-state index in [0.29, 0.717) is 4.90 Å². The van der Waals surface area contributed by atoms with E-state index in [-0.39, 0.29) is 11.9 Å². The Balaban J connectivity index is 2.94. The van der Waals surface area contributed by atoms with Crippen molar-refractivity contribution >= 4 is 46.1 Å². The molecular weight excluding hydrogens is 422 g/mol. The molecule has 0 aliphatic carbocycles. The largest absolute Gasteiger partial charge is 0.418 e. The van der Waals surface area contributed by atoms with Crippen LogP contribution in [0.25, 0.3) is 0 Å². The molecule has 1 aromatic rings. The molecule has 1 unspecified atom stereocenters. The molecule has 0 radical (unpaired) electrons. The van der Waals surface area contributed by atoms with Crippen molar-refractivity contribution in [2.45, 2.75) is 12.5 Å². The summed E-state index contributed by atoms with van der Waals surface area (Å²) in [5.74, 6) is -0.175. The third kappa shape index (κ3) is 3.74. The van der Waals surface area contributed by atoms with Gasteiger partial charge in [-0.05, 0) is 0 Å². The zero-order valence-electron chi connectivity index (χ0n) is 13.0. The molecule has 146 valence electrons. The number of methoxy groups -OCH3 is 1. The topological polar surface area (TPSA) is 137 Å². The average Bonchev–Trinajstić information content (AvgIpc) is 2.51. The van der Waals surface area contributed by atoms with Crippen LogP contribution in [0.3, 0.4) is 0 Å². The predicted octanol–water partition coefficient (Wildman–Crippen LogP) is 3.36. The van der Waals surface area contributed by atoms with Crippen LogP contribution in [-0.4, -0.2) is 29.1 Å². The predicted molar refractivity (Wildman–Crippen MR) is 88.6 cm³/mol. The molecular formula is C12H8Cl2F3N5O5. The summed E-state index contributed by atoms with van der Waals surface area (Å²) < 4.78 is 44.3. The Morgan fingerprint density at radius 1 is 1.30 bits per heavy atom. The highest BCUT2D eigenvalue weighted by molar-refractivity contribution is 6.35. The van der Waals surface area contributed by atoms with Gasteiger partial charge in [-0.2, -0.15) is 13.2 Å². The van der Waals surface area contributed by atoms with Crippen LogP contribution in [0.4, 0.5) is 30.2 Å². The van der Waals surface area contributed by atoms with Crippen molar-refractivity contribution in [2.75, 3.05) is 12.0 Å². The highest BCUT2D eigenvalue weighted by atomic mass is 35.5. The van der Waals surface area contributed by atoms with Gasteiger partial charge in [-0.15, -0.1) is 0 Å². The van der Waals surface area contributed by atoms with Gasteiger partial charge in [-0.3, -0.25) is 25.1 Å². The number of nitrogens with two attached hydrogens (primary N) is 1. The van der Waals surface area contributed by atoms with Gasteiger partial charge in [0.2, 0.25) is 12.0 Å². The lowest BCUT2D eigenvalue weighted by Gasteiger charge is -2.31. The molecule has 1 aromatic carbocycles. The van der Waals surface area contributed by atoms with E-state index in [1.54, 1.807) is 0 Å². The molecule has 15 heteroatoms. The highest BCUT2D eigenvalue weighted by Gasteiger charge is 2.45. The number of aliphatic imine (C=N–C) groups is 1. The van der Waals surface area contributed by atoms with Gasteiger partial charge in [0.05, 0.1) is 15.4 Å². The van der Waals surface area contributed by atoms with Crippen molar-refractivity contribution in [2.24, 2.45) is 10.7 Å². The van der Waals surface area contributed by atoms with Gasteiger partial charge in [0.25, 0.3) is 0 Å². The van der Waals surface area contributed by atoms with Crippen LogP contribution in [0, 0.1) is 20.2 Å². The molecule has 0 saturated carbocycles. The van der Waals surface area contributed by atoms with E-state index in [1.165, 1.54) is 0 Å². The molecule has 1 aliphatic rings. The summed E-state index contributed by atoms with van der Waals surface area (Å²) in [7, 11) is 1.08. The maximum Gasteiger partial charge on any atom is 0.418 e. The number of amidine groups is 1. The summed E-state index contributed by atoms with van der Waals surface area (Å²) in [6.07, 6.45) is -5.72. The second-order valence-electron chi connectivity index (χ2n) is 4.92. The van der Waals surface area contributed by atoms with Gasteiger partial charge in [0.15, 0.2) is 0 Å². The minimum atomic E-state index is -5.18. The zero-order valence-corrected chi connectivity index (χ0v) is 14.5. The van der Waals surface area contributed by atoms with E-state index in [0.717, 1.165) is 13.2 Å². The van der Waals surface area contributed by atoms with E-state index in [9.17, 15) is 33.4 Å². The molecule has 27 heavy (non-hydrogen) atoms. The molecule has 0 bridgehead atoms. The molecule has 0 aromatic heterocycles. The lowest BCUT2D eigenvalue weighted by molar-refractivity contribution is -0.393. The number of anilines is 1. The number of rotatable bonds is 4. The van der Waals surface area contributed by atoms with E-state index in [4.69, 9.17) is 33.7 Å². The van der Waals surface area contributed by atoms with Crippen molar-refractivity contribution in [1.29, 1.82) is 0 Å². The van der Waals surface area contributed by atoms with Crippen molar-refractivity contribution in [3.63, 3.8) is 0 Å². The molecule has 1 atom stereocenters. The number of nitrogens with zero attached hydrogens (tertiary/aromatic N) is 4. The van der Waals surface area contributed by atoms with E-state index in [1.807, 2.05) is 0 Å². The van der Waals surface area contributed by atoms with Crippen LogP contribution in [0.15, 0.2) is 22.3 Å². The number of ether oxygens (including phenoxy) is 1. The molecule has 2 rings (SSSR count). The highest BCUT2D eigenvalue weighted by Crippen LogP contribution is 2.50. The molecule has 0 fully saturated rings.